The van der Waals surface area contributed by atoms with Crippen LogP contribution >= 0.6 is 0 Å². The fraction of sp³-hybridized carbons (Fsp3) is 0.143. The Morgan fingerprint density at radius 2 is 1.92 bits per heavy atom. The van der Waals surface area contributed by atoms with Crippen molar-refractivity contribution in [2.45, 2.75) is 6.92 Å². The van der Waals surface area contributed by atoms with Crippen LogP contribution in [0.25, 0.3) is 0 Å². The predicted octanol–water partition coefficient (Wildman–Crippen LogP) is -4.45. The number of aryl methyl sites for hydroxylation is 1. The van der Waals surface area contributed by atoms with E-state index >= 15 is 0 Å². The molecule has 0 aliphatic carbocycles. The van der Waals surface area contributed by atoms with Crippen molar-refractivity contribution in [2.24, 2.45) is 0 Å². The zero-order chi connectivity index (χ0) is 8.43. The molecule has 3 nitrogen and oxygen atoms in total. The van der Waals surface area contributed by atoms with Gasteiger partial charge in [0, 0.05) is 5.56 Å². The minimum atomic E-state index is -1.39. The molecule has 0 bridgehead atoms. The number of benzene rings is 1. The molecule has 0 aromatic heterocycles. The Morgan fingerprint density at radius 1 is 1.33 bits per heavy atom. The number of halogens is 1. The first-order valence-corrected chi connectivity index (χ1v) is 3.40. The van der Waals surface area contributed by atoms with E-state index in [0.29, 0.717) is 5.46 Å². The van der Waals surface area contributed by atoms with Gasteiger partial charge in [-0.25, -0.2) is 0 Å². The van der Waals surface area contributed by atoms with E-state index in [1.165, 1.54) is 0 Å². The van der Waals surface area contributed by atoms with E-state index in [-0.39, 0.29) is 12.4 Å². The van der Waals surface area contributed by atoms with E-state index < -0.39 is 7.12 Å². The first-order chi connectivity index (χ1) is 5.11. The molecular weight excluding hydrogens is 176 g/mol. The highest BCUT2D eigenvalue weighted by molar-refractivity contribution is 6.58. The zero-order valence-corrected chi connectivity index (χ0v) is 7.54. The summed E-state index contributed by atoms with van der Waals surface area (Å²) < 4.78 is 0. The SMILES string of the molecule is Cc1ccc(B(O)O)cc1[NH3+].[Cl-]. The lowest BCUT2D eigenvalue weighted by molar-refractivity contribution is -0.255. The Labute approximate surface area is 77.8 Å². The second kappa shape index (κ2) is 4.47. The average Bonchev–Trinajstić information content (AvgIpc) is 1.94. The van der Waals surface area contributed by atoms with Crippen LogP contribution in [0.1, 0.15) is 5.56 Å². The third-order valence-corrected chi connectivity index (χ3v) is 1.67. The molecule has 5 heteroatoms. The second-order valence-corrected chi connectivity index (χ2v) is 2.56. The van der Waals surface area contributed by atoms with E-state index in [1.807, 2.05) is 13.0 Å². The third kappa shape index (κ3) is 2.50. The molecule has 66 valence electrons. The lowest BCUT2D eigenvalue weighted by Gasteiger charge is -2.00. The molecule has 0 fully saturated rings. The lowest BCUT2D eigenvalue weighted by Crippen LogP contribution is -3.00. The van der Waals surface area contributed by atoms with Crippen molar-refractivity contribution in [3.05, 3.63) is 23.8 Å². The Bertz CT molecular complexity index is 268. The number of hydrogen-bond donors (Lipinski definition) is 3. The van der Waals surface area contributed by atoms with Crippen molar-refractivity contribution < 1.29 is 28.2 Å². The summed E-state index contributed by atoms with van der Waals surface area (Å²) in [4.78, 5) is 0. The fourth-order valence-electron chi connectivity index (χ4n) is 0.852. The number of rotatable bonds is 1. The van der Waals surface area contributed by atoms with Gasteiger partial charge in [-0.1, -0.05) is 12.1 Å². The molecular formula is C7H11BClNO2. The molecule has 0 saturated heterocycles. The van der Waals surface area contributed by atoms with E-state index in [9.17, 15) is 0 Å². The van der Waals surface area contributed by atoms with Crippen LogP contribution in [0.4, 0.5) is 5.69 Å². The van der Waals surface area contributed by atoms with Crippen LogP contribution < -0.4 is 23.6 Å². The highest BCUT2D eigenvalue weighted by atomic mass is 35.5. The summed E-state index contributed by atoms with van der Waals surface area (Å²) in [6.45, 7) is 1.93. The Hall–Kier alpha value is -0.545. The fourth-order valence-corrected chi connectivity index (χ4v) is 0.852. The van der Waals surface area contributed by atoms with Gasteiger partial charge in [0.05, 0.1) is 0 Å². The molecule has 5 N–H and O–H groups in total. The lowest BCUT2D eigenvalue weighted by atomic mass is 9.80. The van der Waals surface area contributed by atoms with Gasteiger partial charge in [0.2, 0.25) is 0 Å². The molecule has 0 spiro atoms. The maximum atomic E-state index is 8.77. The quantitative estimate of drug-likeness (QED) is 0.388. The second-order valence-electron chi connectivity index (χ2n) is 2.56. The van der Waals surface area contributed by atoms with Crippen molar-refractivity contribution in [1.82, 2.24) is 0 Å². The van der Waals surface area contributed by atoms with Gasteiger partial charge in [-0.15, -0.1) is 0 Å². The normalized spacial score (nSPS) is 9.00. The smallest absolute Gasteiger partial charge is 0.488 e. The molecule has 0 unspecified atom stereocenters. The number of hydrogen-bond acceptors (Lipinski definition) is 2. The Balaban J connectivity index is 0.00000121. The van der Waals surface area contributed by atoms with Crippen LogP contribution in [0.15, 0.2) is 18.2 Å². The molecule has 0 saturated carbocycles. The van der Waals surface area contributed by atoms with E-state index in [2.05, 4.69) is 5.73 Å². The van der Waals surface area contributed by atoms with Crippen molar-refractivity contribution in [2.75, 3.05) is 0 Å². The van der Waals surface area contributed by atoms with E-state index in [0.717, 1.165) is 11.3 Å². The van der Waals surface area contributed by atoms with Crippen LogP contribution in [-0.2, 0) is 0 Å². The molecule has 1 aromatic rings. The summed E-state index contributed by atoms with van der Waals surface area (Å²) in [7, 11) is -1.39. The molecule has 0 aliphatic heterocycles. The van der Waals surface area contributed by atoms with Gasteiger partial charge >= 0.3 is 7.12 Å². The van der Waals surface area contributed by atoms with Crippen LogP contribution in [-0.4, -0.2) is 17.2 Å². The summed E-state index contributed by atoms with van der Waals surface area (Å²) in [5.74, 6) is 0. The monoisotopic (exact) mass is 187 g/mol. The van der Waals surface area contributed by atoms with Gasteiger partial charge in [-0.05, 0) is 18.5 Å². The van der Waals surface area contributed by atoms with Crippen LogP contribution in [0.5, 0.6) is 0 Å². The maximum Gasteiger partial charge on any atom is 0.488 e. The van der Waals surface area contributed by atoms with Crippen LogP contribution in [0.2, 0.25) is 0 Å². The molecule has 0 aliphatic rings. The molecule has 0 heterocycles. The zero-order valence-electron chi connectivity index (χ0n) is 6.79. The van der Waals surface area contributed by atoms with Gasteiger partial charge < -0.3 is 28.2 Å². The van der Waals surface area contributed by atoms with Gasteiger partial charge in [0.1, 0.15) is 5.69 Å². The van der Waals surface area contributed by atoms with E-state index in [1.54, 1.807) is 12.1 Å². The maximum absolute atomic E-state index is 8.77. The molecule has 1 aromatic carbocycles. The summed E-state index contributed by atoms with van der Waals surface area (Å²) in [6.07, 6.45) is 0. The summed E-state index contributed by atoms with van der Waals surface area (Å²) in [5.41, 5.74) is 6.11. The van der Waals surface area contributed by atoms with Crippen molar-refractivity contribution in [1.29, 1.82) is 0 Å². The summed E-state index contributed by atoms with van der Waals surface area (Å²) >= 11 is 0. The van der Waals surface area contributed by atoms with Gasteiger partial charge in [0.15, 0.2) is 0 Å². The van der Waals surface area contributed by atoms with Gasteiger partial charge in [-0.2, -0.15) is 0 Å². The van der Waals surface area contributed by atoms with Crippen LogP contribution in [0, 0.1) is 6.92 Å². The molecule has 1 rings (SSSR count). The van der Waals surface area contributed by atoms with E-state index in [4.69, 9.17) is 10.0 Å². The molecule has 12 heavy (non-hydrogen) atoms. The molecule has 0 radical (unpaired) electrons. The predicted molar refractivity (Wildman–Crippen MR) is 43.6 cm³/mol. The number of quaternary nitrogens is 1. The Morgan fingerprint density at radius 3 is 2.33 bits per heavy atom. The van der Waals surface area contributed by atoms with Crippen molar-refractivity contribution >= 4 is 18.3 Å². The highest BCUT2D eigenvalue weighted by Gasteiger charge is 2.11. The Kier molecular flexibility index (Phi) is 4.27. The third-order valence-electron chi connectivity index (χ3n) is 1.67. The topological polar surface area (TPSA) is 68.1 Å². The van der Waals surface area contributed by atoms with Crippen LogP contribution in [0.3, 0.4) is 0 Å². The minimum absolute atomic E-state index is 0. The first-order valence-electron chi connectivity index (χ1n) is 3.40. The largest absolute Gasteiger partial charge is 1.00 e. The van der Waals surface area contributed by atoms with Gasteiger partial charge in [0.25, 0.3) is 0 Å². The average molecular weight is 187 g/mol. The summed E-state index contributed by atoms with van der Waals surface area (Å²) in [5, 5.41) is 17.5. The molecule has 0 atom stereocenters. The van der Waals surface area contributed by atoms with Crippen molar-refractivity contribution in [3.63, 3.8) is 0 Å². The van der Waals surface area contributed by atoms with Gasteiger partial charge in [-0.3, -0.25) is 0 Å². The van der Waals surface area contributed by atoms with Crippen molar-refractivity contribution in [3.8, 4) is 0 Å². The highest BCUT2D eigenvalue weighted by Crippen LogP contribution is 2.03. The standard InChI is InChI=1S/C7H10BNO2.ClH/c1-5-2-3-6(8(10)11)4-7(5)9;/h2-4,10-11H,9H2,1H3;1H. The summed E-state index contributed by atoms with van der Waals surface area (Å²) in [6, 6.07) is 5.16. The molecule has 0 amide bonds. The minimum Gasteiger partial charge on any atom is -1.00 e. The first kappa shape index (κ1) is 11.5.